The summed E-state index contributed by atoms with van der Waals surface area (Å²) in [5.74, 6) is 0.756. The van der Waals surface area contributed by atoms with E-state index in [0.29, 0.717) is 38.3 Å². The molecule has 3 rings (SSSR count). The summed E-state index contributed by atoms with van der Waals surface area (Å²) < 4.78 is 0. The Kier molecular flexibility index (Phi) is 7.45. The zero-order chi connectivity index (χ0) is 20.6. The van der Waals surface area contributed by atoms with Crippen LogP contribution in [-0.4, -0.2) is 29.8 Å². The van der Waals surface area contributed by atoms with Crippen LogP contribution in [0.15, 0.2) is 48.5 Å². The number of nitrogens with zero attached hydrogens (tertiary/aromatic N) is 1. The third-order valence-electron chi connectivity index (χ3n) is 5.66. The Morgan fingerprint density at radius 2 is 1.72 bits per heavy atom. The highest BCUT2D eigenvalue weighted by Crippen LogP contribution is 2.19. The monoisotopic (exact) mass is 392 g/mol. The van der Waals surface area contributed by atoms with Gasteiger partial charge in [-0.25, -0.2) is 0 Å². The van der Waals surface area contributed by atoms with Gasteiger partial charge in [-0.05, 0) is 47.4 Å². The first-order chi connectivity index (χ1) is 14.0. The van der Waals surface area contributed by atoms with Crippen molar-refractivity contribution in [2.45, 2.75) is 58.4 Å². The smallest absolute Gasteiger partial charge is 0.222 e. The number of carbonyl (C=O) groups is 2. The number of aryl methyl sites for hydroxylation is 1. The van der Waals surface area contributed by atoms with Crippen molar-refractivity contribution in [3.8, 4) is 0 Å². The van der Waals surface area contributed by atoms with E-state index >= 15 is 0 Å². The molecule has 1 N–H and O–H groups in total. The molecule has 2 aromatic rings. The van der Waals surface area contributed by atoms with E-state index in [9.17, 15) is 9.59 Å². The number of amides is 2. The maximum absolute atomic E-state index is 12.5. The van der Waals surface area contributed by atoms with Crippen molar-refractivity contribution in [1.29, 1.82) is 0 Å². The van der Waals surface area contributed by atoms with Crippen molar-refractivity contribution in [1.82, 2.24) is 10.2 Å². The number of fused-ring (bicyclic) bond motifs is 1. The summed E-state index contributed by atoms with van der Waals surface area (Å²) in [6.45, 7) is 6.41. The minimum atomic E-state index is 0.0530. The zero-order valence-electron chi connectivity index (χ0n) is 17.6. The SMILES string of the molecule is CC(C)c1ccc(CCC(=O)NCCCC(=O)N2CCc3ccccc3C2)cc1. The Labute approximate surface area is 174 Å². The van der Waals surface area contributed by atoms with Crippen LogP contribution in [0.2, 0.25) is 0 Å². The standard InChI is InChI=1S/C25H32N2O2/c1-19(2)21-12-9-20(10-13-21)11-14-24(28)26-16-5-8-25(29)27-17-15-22-6-3-4-7-23(22)18-27/h3-4,6-7,9-10,12-13,19H,5,8,11,14-18H2,1-2H3,(H,26,28). The molecule has 0 bridgehead atoms. The van der Waals surface area contributed by atoms with E-state index in [1.165, 1.54) is 22.3 Å². The molecule has 1 aliphatic rings. The predicted octanol–water partition coefficient (Wildman–Crippen LogP) is 4.22. The maximum atomic E-state index is 12.5. The van der Waals surface area contributed by atoms with Crippen LogP contribution in [0.5, 0.6) is 0 Å². The molecule has 0 aliphatic carbocycles. The lowest BCUT2D eigenvalue weighted by molar-refractivity contribution is -0.132. The average molecular weight is 393 g/mol. The van der Waals surface area contributed by atoms with Crippen LogP contribution in [0.25, 0.3) is 0 Å². The summed E-state index contributed by atoms with van der Waals surface area (Å²) in [6.07, 6.45) is 3.33. The van der Waals surface area contributed by atoms with Gasteiger partial charge in [-0.1, -0.05) is 62.4 Å². The van der Waals surface area contributed by atoms with Crippen LogP contribution in [0, 0.1) is 0 Å². The summed E-state index contributed by atoms with van der Waals surface area (Å²) in [5.41, 5.74) is 5.11. The van der Waals surface area contributed by atoms with Crippen LogP contribution in [0.1, 0.15) is 61.3 Å². The largest absolute Gasteiger partial charge is 0.356 e. The second-order valence-corrected chi connectivity index (χ2v) is 8.18. The fourth-order valence-electron chi connectivity index (χ4n) is 3.75. The lowest BCUT2D eigenvalue weighted by Gasteiger charge is -2.29. The first-order valence-electron chi connectivity index (χ1n) is 10.7. The fourth-order valence-corrected chi connectivity index (χ4v) is 3.75. The Morgan fingerprint density at radius 1 is 1.00 bits per heavy atom. The summed E-state index contributed by atoms with van der Waals surface area (Å²) in [4.78, 5) is 26.5. The number of hydrogen-bond acceptors (Lipinski definition) is 2. The van der Waals surface area contributed by atoms with Gasteiger partial charge in [0.1, 0.15) is 0 Å². The molecule has 0 radical (unpaired) electrons. The molecule has 0 atom stereocenters. The predicted molar refractivity (Wildman–Crippen MR) is 117 cm³/mol. The Bertz CT molecular complexity index is 827. The van der Waals surface area contributed by atoms with Crippen molar-refractivity contribution in [3.63, 3.8) is 0 Å². The topological polar surface area (TPSA) is 49.4 Å². The van der Waals surface area contributed by atoms with Crippen LogP contribution in [0.3, 0.4) is 0 Å². The number of benzene rings is 2. The van der Waals surface area contributed by atoms with Crippen molar-refractivity contribution < 1.29 is 9.59 Å². The molecule has 1 aliphatic heterocycles. The molecule has 154 valence electrons. The molecule has 29 heavy (non-hydrogen) atoms. The van der Waals surface area contributed by atoms with Gasteiger partial charge in [0.25, 0.3) is 0 Å². The lowest BCUT2D eigenvalue weighted by Crippen LogP contribution is -2.36. The van der Waals surface area contributed by atoms with Crippen LogP contribution in [-0.2, 0) is 29.0 Å². The van der Waals surface area contributed by atoms with Crippen molar-refractivity contribution >= 4 is 11.8 Å². The highest BCUT2D eigenvalue weighted by atomic mass is 16.2. The summed E-state index contributed by atoms with van der Waals surface area (Å²) in [5, 5.41) is 2.95. The fraction of sp³-hybridized carbons (Fsp3) is 0.440. The third kappa shape index (κ3) is 6.18. The van der Waals surface area contributed by atoms with Gasteiger partial charge < -0.3 is 10.2 Å². The average Bonchev–Trinajstić information content (AvgIpc) is 2.75. The third-order valence-corrected chi connectivity index (χ3v) is 5.66. The lowest BCUT2D eigenvalue weighted by atomic mass is 9.99. The van der Waals surface area contributed by atoms with Gasteiger partial charge in [-0.3, -0.25) is 9.59 Å². The summed E-state index contributed by atoms with van der Waals surface area (Å²) >= 11 is 0. The first-order valence-corrected chi connectivity index (χ1v) is 10.7. The minimum Gasteiger partial charge on any atom is -0.356 e. The molecule has 4 nitrogen and oxygen atoms in total. The molecule has 0 aromatic heterocycles. The number of nitrogens with one attached hydrogen (secondary N) is 1. The zero-order valence-corrected chi connectivity index (χ0v) is 17.6. The van der Waals surface area contributed by atoms with E-state index in [1.54, 1.807) is 0 Å². The summed E-state index contributed by atoms with van der Waals surface area (Å²) in [7, 11) is 0. The Hall–Kier alpha value is -2.62. The molecule has 1 heterocycles. The molecule has 4 heteroatoms. The number of hydrogen-bond donors (Lipinski definition) is 1. The van der Waals surface area contributed by atoms with Gasteiger partial charge in [0, 0.05) is 32.5 Å². The van der Waals surface area contributed by atoms with Crippen molar-refractivity contribution in [2.24, 2.45) is 0 Å². The van der Waals surface area contributed by atoms with E-state index in [2.05, 4.69) is 61.6 Å². The van der Waals surface area contributed by atoms with Crippen LogP contribution >= 0.6 is 0 Å². The van der Waals surface area contributed by atoms with Crippen molar-refractivity contribution in [2.75, 3.05) is 13.1 Å². The van der Waals surface area contributed by atoms with Gasteiger partial charge in [0.2, 0.25) is 11.8 Å². The molecule has 2 amide bonds. The van der Waals surface area contributed by atoms with E-state index in [-0.39, 0.29) is 11.8 Å². The Morgan fingerprint density at radius 3 is 2.45 bits per heavy atom. The van der Waals surface area contributed by atoms with Gasteiger partial charge in [-0.15, -0.1) is 0 Å². The van der Waals surface area contributed by atoms with Gasteiger partial charge in [0.15, 0.2) is 0 Å². The minimum absolute atomic E-state index is 0.0530. The van der Waals surface area contributed by atoms with Gasteiger partial charge in [0.05, 0.1) is 0 Å². The highest BCUT2D eigenvalue weighted by Gasteiger charge is 2.19. The van der Waals surface area contributed by atoms with E-state index in [4.69, 9.17) is 0 Å². The summed E-state index contributed by atoms with van der Waals surface area (Å²) in [6, 6.07) is 16.8. The van der Waals surface area contributed by atoms with E-state index in [1.807, 2.05) is 11.0 Å². The molecule has 0 saturated heterocycles. The first kappa shape index (κ1) is 21.1. The molecule has 0 spiro atoms. The molecule has 0 fully saturated rings. The number of rotatable bonds is 8. The second-order valence-electron chi connectivity index (χ2n) is 8.18. The van der Waals surface area contributed by atoms with Gasteiger partial charge >= 0.3 is 0 Å². The normalized spacial score (nSPS) is 13.3. The molecule has 0 saturated carbocycles. The van der Waals surface area contributed by atoms with E-state index < -0.39 is 0 Å². The molecule has 0 unspecified atom stereocenters. The maximum Gasteiger partial charge on any atom is 0.222 e. The quantitative estimate of drug-likeness (QED) is 0.684. The Balaban J connectivity index is 1.32. The van der Waals surface area contributed by atoms with Gasteiger partial charge in [-0.2, -0.15) is 0 Å². The number of carbonyl (C=O) groups excluding carboxylic acids is 2. The van der Waals surface area contributed by atoms with Crippen LogP contribution < -0.4 is 5.32 Å². The second kappa shape index (κ2) is 10.2. The van der Waals surface area contributed by atoms with E-state index in [0.717, 1.165) is 19.4 Å². The van der Waals surface area contributed by atoms with Crippen molar-refractivity contribution in [3.05, 3.63) is 70.8 Å². The molecular weight excluding hydrogens is 360 g/mol. The van der Waals surface area contributed by atoms with Crippen LogP contribution in [0.4, 0.5) is 0 Å². The highest BCUT2D eigenvalue weighted by molar-refractivity contribution is 5.77. The molecule has 2 aromatic carbocycles. The molecular formula is C25H32N2O2.